The number of methoxy groups -OCH3 is 1. The molecular formula is C10H9N3O3. The second-order valence-electron chi connectivity index (χ2n) is 3.48. The Morgan fingerprint density at radius 3 is 3.25 bits per heavy atom. The van der Waals surface area contributed by atoms with E-state index in [4.69, 9.17) is 9.26 Å². The number of anilines is 2. The van der Waals surface area contributed by atoms with Crippen LogP contribution >= 0.6 is 0 Å². The molecule has 2 heterocycles. The summed E-state index contributed by atoms with van der Waals surface area (Å²) in [6.07, 6.45) is 0. The Morgan fingerprint density at radius 2 is 2.44 bits per heavy atom. The van der Waals surface area contributed by atoms with Gasteiger partial charge < -0.3 is 14.6 Å². The Balaban J connectivity index is 2.08. The van der Waals surface area contributed by atoms with Crippen LogP contribution in [0.15, 0.2) is 27.5 Å². The number of benzene rings is 1. The van der Waals surface area contributed by atoms with Crippen LogP contribution in [0.25, 0.3) is 0 Å². The van der Waals surface area contributed by atoms with Crippen molar-refractivity contribution >= 4 is 11.6 Å². The van der Waals surface area contributed by atoms with Crippen molar-refractivity contribution in [2.75, 3.05) is 12.4 Å². The third kappa shape index (κ3) is 1.27. The van der Waals surface area contributed by atoms with Crippen LogP contribution in [0, 0.1) is 0 Å². The van der Waals surface area contributed by atoms with Crippen molar-refractivity contribution in [3.8, 4) is 5.75 Å². The van der Waals surface area contributed by atoms with Crippen LogP contribution < -0.4 is 15.8 Å². The van der Waals surface area contributed by atoms with Gasteiger partial charge in [0.25, 0.3) is 0 Å². The molecular weight excluding hydrogens is 210 g/mol. The zero-order valence-electron chi connectivity index (χ0n) is 8.56. The predicted molar refractivity (Wildman–Crippen MR) is 56.1 cm³/mol. The topological polar surface area (TPSA) is 69.3 Å². The molecule has 0 atom stereocenters. The molecule has 0 radical (unpaired) electrons. The minimum Gasteiger partial charge on any atom is -0.497 e. The fourth-order valence-corrected chi connectivity index (χ4v) is 1.72. The third-order valence-electron chi connectivity index (χ3n) is 2.49. The highest BCUT2D eigenvalue weighted by molar-refractivity contribution is 5.62. The Hall–Kier alpha value is -2.24. The molecule has 0 saturated carbocycles. The lowest BCUT2D eigenvalue weighted by atomic mass is 10.1. The quantitative estimate of drug-likeness (QED) is 0.659. The van der Waals surface area contributed by atoms with Gasteiger partial charge in [0.15, 0.2) is 0 Å². The zero-order valence-corrected chi connectivity index (χ0v) is 8.56. The first-order valence-electron chi connectivity index (χ1n) is 4.78. The van der Waals surface area contributed by atoms with Gasteiger partial charge in [0.1, 0.15) is 5.75 Å². The highest BCUT2D eigenvalue weighted by Crippen LogP contribution is 2.29. The molecule has 0 aliphatic carbocycles. The first-order valence-corrected chi connectivity index (χ1v) is 4.78. The van der Waals surface area contributed by atoms with Gasteiger partial charge >= 0.3 is 5.76 Å². The molecule has 6 heteroatoms. The van der Waals surface area contributed by atoms with Crippen LogP contribution in [0.1, 0.15) is 5.56 Å². The van der Waals surface area contributed by atoms with Gasteiger partial charge in [-0.15, -0.1) is 4.98 Å². The number of hydrogen-bond acceptors (Lipinski definition) is 5. The summed E-state index contributed by atoms with van der Waals surface area (Å²) in [4.78, 5) is 14.7. The van der Waals surface area contributed by atoms with E-state index in [1.54, 1.807) is 7.11 Å². The van der Waals surface area contributed by atoms with Gasteiger partial charge in [0.2, 0.25) is 5.95 Å². The summed E-state index contributed by atoms with van der Waals surface area (Å²) >= 11 is 0. The lowest BCUT2D eigenvalue weighted by Crippen LogP contribution is -2.12. The molecule has 0 unspecified atom stereocenters. The van der Waals surface area contributed by atoms with Crippen molar-refractivity contribution in [3.05, 3.63) is 34.3 Å². The summed E-state index contributed by atoms with van der Waals surface area (Å²) in [6, 6.07) is 5.63. The molecule has 6 nitrogen and oxygen atoms in total. The van der Waals surface area contributed by atoms with Gasteiger partial charge in [0.05, 0.1) is 13.7 Å². The molecule has 2 aromatic rings. The Labute approximate surface area is 90.4 Å². The van der Waals surface area contributed by atoms with Gasteiger partial charge in [-0.25, -0.2) is 4.79 Å². The molecule has 1 aliphatic rings. The van der Waals surface area contributed by atoms with Gasteiger partial charge in [-0.1, -0.05) is 0 Å². The summed E-state index contributed by atoms with van der Waals surface area (Å²) in [6.45, 7) is 0.476. The summed E-state index contributed by atoms with van der Waals surface area (Å²) in [5.74, 6) is 0.608. The van der Waals surface area contributed by atoms with Crippen LogP contribution in [-0.2, 0) is 6.54 Å². The summed E-state index contributed by atoms with van der Waals surface area (Å²) in [7, 11) is 1.61. The van der Waals surface area contributed by atoms with Gasteiger partial charge in [-0.3, -0.25) is 0 Å². The van der Waals surface area contributed by atoms with Crippen molar-refractivity contribution < 1.29 is 9.26 Å². The zero-order chi connectivity index (χ0) is 11.1. The standard InChI is InChI=1S/C10H9N3O3/c1-15-7-2-3-8-6(4-7)5-13-9(11-8)12-10(14)16-13/h2-4H,5H2,1H3,(H,11,12,14). The van der Waals surface area contributed by atoms with Crippen LogP contribution in [0.5, 0.6) is 5.75 Å². The molecule has 0 fully saturated rings. The van der Waals surface area contributed by atoms with E-state index in [0.29, 0.717) is 12.5 Å². The Bertz CT molecular complexity index is 600. The molecule has 3 rings (SSSR count). The summed E-state index contributed by atoms with van der Waals surface area (Å²) < 4.78 is 11.4. The van der Waals surface area contributed by atoms with Crippen molar-refractivity contribution in [2.45, 2.75) is 6.54 Å². The normalized spacial score (nSPS) is 12.6. The number of aromatic nitrogens is 2. The maximum absolute atomic E-state index is 11.0. The SMILES string of the molecule is COc1ccc2c(c1)Cn1oc(=O)nc1N2. The van der Waals surface area contributed by atoms with Gasteiger partial charge in [-0.05, 0) is 18.2 Å². The summed E-state index contributed by atoms with van der Waals surface area (Å²) in [5.41, 5.74) is 1.90. The number of nitrogens with zero attached hydrogens (tertiary/aromatic N) is 2. The average Bonchev–Trinajstić information content (AvgIpc) is 2.64. The lowest BCUT2D eigenvalue weighted by molar-refractivity contribution is 0.267. The van der Waals surface area contributed by atoms with E-state index in [1.165, 1.54) is 4.74 Å². The molecule has 16 heavy (non-hydrogen) atoms. The molecule has 1 aromatic carbocycles. The number of hydrogen-bond donors (Lipinski definition) is 1. The molecule has 0 bridgehead atoms. The number of nitrogens with one attached hydrogen (secondary N) is 1. The third-order valence-corrected chi connectivity index (χ3v) is 2.49. The minimum atomic E-state index is -0.595. The number of ether oxygens (including phenoxy) is 1. The number of rotatable bonds is 1. The van der Waals surface area contributed by atoms with E-state index >= 15 is 0 Å². The van der Waals surface area contributed by atoms with Gasteiger partial charge in [-0.2, -0.15) is 4.74 Å². The second kappa shape index (κ2) is 3.13. The monoisotopic (exact) mass is 219 g/mol. The van der Waals surface area contributed by atoms with E-state index in [1.807, 2.05) is 18.2 Å². The van der Waals surface area contributed by atoms with Crippen LogP contribution in [-0.4, -0.2) is 16.8 Å². The molecule has 82 valence electrons. The highest BCUT2D eigenvalue weighted by atomic mass is 16.5. The van der Waals surface area contributed by atoms with Crippen molar-refractivity contribution in [3.63, 3.8) is 0 Å². The molecule has 0 spiro atoms. The summed E-state index contributed by atoms with van der Waals surface area (Å²) in [5, 5.41) is 3.02. The van der Waals surface area contributed by atoms with Crippen molar-refractivity contribution in [1.82, 2.24) is 9.72 Å². The van der Waals surface area contributed by atoms with Crippen molar-refractivity contribution in [1.29, 1.82) is 0 Å². The molecule has 1 aromatic heterocycles. The fraction of sp³-hybridized carbons (Fsp3) is 0.200. The van der Waals surface area contributed by atoms with E-state index in [9.17, 15) is 4.79 Å². The van der Waals surface area contributed by atoms with E-state index in [2.05, 4.69) is 10.3 Å². The number of fused-ring (bicyclic) bond motifs is 2. The molecule has 1 aliphatic heterocycles. The Kier molecular flexibility index (Phi) is 1.76. The maximum atomic E-state index is 11.0. The van der Waals surface area contributed by atoms with E-state index < -0.39 is 5.76 Å². The highest BCUT2D eigenvalue weighted by Gasteiger charge is 2.18. The van der Waals surface area contributed by atoms with E-state index in [-0.39, 0.29) is 0 Å². The van der Waals surface area contributed by atoms with Crippen molar-refractivity contribution in [2.24, 2.45) is 0 Å². The molecule has 0 saturated heterocycles. The largest absolute Gasteiger partial charge is 0.497 e. The minimum absolute atomic E-state index is 0.433. The first-order chi connectivity index (χ1) is 7.76. The second-order valence-corrected chi connectivity index (χ2v) is 3.48. The molecule has 1 N–H and O–H groups in total. The van der Waals surface area contributed by atoms with Crippen LogP contribution in [0.4, 0.5) is 11.6 Å². The fourth-order valence-electron chi connectivity index (χ4n) is 1.72. The Morgan fingerprint density at radius 1 is 1.56 bits per heavy atom. The lowest BCUT2D eigenvalue weighted by Gasteiger charge is -2.17. The van der Waals surface area contributed by atoms with Crippen LogP contribution in [0.3, 0.4) is 0 Å². The van der Waals surface area contributed by atoms with E-state index in [0.717, 1.165) is 17.0 Å². The first kappa shape index (κ1) is 9.02. The smallest absolute Gasteiger partial charge is 0.461 e. The maximum Gasteiger partial charge on any atom is 0.461 e. The average molecular weight is 219 g/mol. The molecule has 0 amide bonds. The predicted octanol–water partition coefficient (Wildman–Crippen LogP) is 0.950. The van der Waals surface area contributed by atoms with Gasteiger partial charge in [0, 0.05) is 11.3 Å². The van der Waals surface area contributed by atoms with Crippen LogP contribution in [0.2, 0.25) is 0 Å².